The van der Waals surface area contributed by atoms with E-state index in [0.29, 0.717) is 19.1 Å². The fourth-order valence-electron chi connectivity index (χ4n) is 4.96. The third kappa shape index (κ3) is 7.17. The van der Waals surface area contributed by atoms with Crippen LogP contribution in [0.4, 0.5) is 26.3 Å². The van der Waals surface area contributed by atoms with E-state index in [1.165, 1.54) is 12.3 Å². The molecular formula is C25H30F6N4. The average molecular weight is 501 g/mol. The summed E-state index contributed by atoms with van der Waals surface area (Å²) in [5, 5.41) is 0. The number of hydrogen-bond acceptors (Lipinski definition) is 4. The Labute approximate surface area is 201 Å². The summed E-state index contributed by atoms with van der Waals surface area (Å²) in [5.74, 6) is 0. The number of alkyl halides is 6. The van der Waals surface area contributed by atoms with E-state index in [4.69, 9.17) is 0 Å². The second-order valence-electron chi connectivity index (χ2n) is 9.42. The highest BCUT2D eigenvalue weighted by Crippen LogP contribution is 2.30. The maximum Gasteiger partial charge on any atom is 0.433 e. The number of benzene rings is 1. The van der Waals surface area contributed by atoms with Crippen LogP contribution in [0, 0.1) is 0 Å². The summed E-state index contributed by atoms with van der Waals surface area (Å²) in [7, 11) is 0. The first kappa shape index (κ1) is 25.9. The highest BCUT2D eigenvalue weighted by Gasteiger charge is 2.32. The van der Waals surface area contributed by atoms with Crippen molar-refractivity contribution in [2.45, 2.75) is 50.7 Å². The fraction of sp³-hybridized carbons (Fsp3) is 0.560. The van der Waals surface area contributed by atoms with Gasteiger partial charge < -0.3 is 0 Å². The molecule has 0 amide bonds. The molecule has 0 saturated carbocycles. The zero-order chi connectivity index (χ0) is 25.1. The number of halogens is 6. The summed E-state index contributed by atoms with van der Waals surface area (Å²) >= 11 is 0. The number of rotatable bonds is 5. The molecule has 1 aromatic heterocycles. The molecule has 2 aliphatic rings. The lowest BCUT2D eigenvalue weighted by atomic mass is 10.0. The van der Waals surface area contributed by atoms with Gasteiger partial charge in [0.05, 0.1) is 5.56 Å². The van der Waals surface area contributed by atoms with Gasteiger partial charge in [-0.05, 0) is 74.8 Å². The van der Waals surface area contributed by atoms with Crippen LogP contribution in [0.2, 0.25) is 0 Å². The largest absolute Gasteiger partial charge is 0.433 e. The van der Waals surface area contributed by atoms with E-state index in [0.717, 1.165) is 87.9 Å². The minimum Gasteiger partial charge on any atom is -0.299 e. The lowest BCUT2D eigenvalue weighted by Gasteiger charge is -2.38. The van der Waals surface area contributed by atoms with Gasteiger partial charge in [0.25, 0.3) is 0 Å². The summed E-state index contributed by atoms with van der Waals surface area (Å²) in [6.45, 7) is 6.72. The lowest BCUT2D eigenvalue weighted by Crippen LogP contribution is -2.45. The van der Waals surface area contributed by atoms with Gasteiger partial charge in [0, 0.05) is 38.4 Å². The monoisotopic (exact) mass is 500 g/mol. The Kier molecular flexibility index (Phi) is 8.02. The maximum absolute atomic E-state index is 12.8. The van der Waals surface area contributed by atoms with E-state index in [2.05, 4.69) is 19.7 Å². The predicted molar refractivity (Wildman–Crippen MR) is 120 cm³/mol. The normalized spacial score (nSPS) is 20.2. The van der Waals surface area contributed by atoms with Crippen LogP contribution < -0.4 is 0 Å². The second kappa shape index (κ2) is 10.8. The zero-order valence-corrected chi connectivity index (χ0v) is 19.5. The van der Waals surface area contributed by atoms with Crippen LogP contribution in [0.1, 0.15) is 41.6 Å². The molecule has 0 N–H and O–H groups in total. The van der Waals surface area contributed by atoms with E-state index in [9.17, 15) is 26.3 Å². The van der Waals surface area contributed by atoms with E-state index >= 15 is 0 Å². The van der Waals surface area contributed by atoms with Gasteiger partial charge in [-0.1, -0.05) is 18.2 Å². The van der Waals surface area contributed by atoms with Crippen molar-refractivity contribution in [3.8, 4) is 0 Å². The number of pyridine rings is 1. The number of likely N-dealkylation sites (tertiary alicyclic amines) is 1. The van der Waals surface area contributed by atoms with Crippen molar-refractivity contribution in [2.75, 3.05) is 39.3 Å². The van der Waals surface area contributed by atoms with Crippen LogP contribution in [-0.4, -0.2) is 65.0 Å². The van der Waals surface area contributed by atoms with Crippen LogP contribution >= 0.6 is 0 Å². The molecule has 0 unspecified atom stereocenters. The average Bonchev–Trinajstić information content (AvgIpc) is 3.05. The molecule has 3 heterocycles. The Morgan fingerprint density at radius 1 is 0.686 bits per heavy atom. The summed E-state index contributed by atoms with van der Waals surface area (Å²) in [6.07, 6.45) is -4.39. The molecule has 2 aromatic rings. The number of nitrogens with zero attached hydrogens (tertiary/aromatic N) is 4. The van der Waals surface area contributed by atoms with Crippen LogP contribution in [0.5, 0.6) is 0 Å². The quantitative estimate of drug-likeness (QED) is 0.521. The van der Waals surface area contributed by atoms with Gasteiger partial charge >= 0.3 is 12.4 Å². The standard InChI is InChI=1S/C25H30F6N4/c26-24(27,28)21-5-2-19(3-6-21)17-33-10-1-11-35(15-14-33)22-8-12-34(13-9-22)18-20-4-7-23(32-16-20)25(29,30)31/h2-7,16,22H,1,8-15,17-18H2. The van der Waals surface area contributed by atoms with Crippen LogP contribution in [-0.2, 0) is 25.4 Å². The van der Waals surface area contributed by atoms with Crippen LogP contribution in [0.3, 0.4) is 0 Å². The summed E-state index contributed by atoms with van der Waals surface area (Å²) in [5.41, 5.74) is 0.181. The first-order valence-electron chi connectivity index (χ1n) is 11.9. The minimum atomic E-state index is -4.42. The molecule has 1 aromatic carbocycles. The Balaban J connectivity index is 1.22. The minimum absolute atomic E-state index is 0.475. The van der Waals surface area contributed by atoms with Crippen molar-refractivity contribution in [1.82, 2.24) is 19.7 Å². The molecule has 0 bridgehead atoms. The van der Waals surface area contributed by atoms with Crippen molar-refractivity contribution in [3.63, 3.8) is 0 Å². The molecule has 0 aliphatic carbocycles. The Morgan fingerprint density at radius 3 is 1.91 bits per heavy atom. The lowest BCUT2D eigenvalue weighted by molar-refractivity contribution is -0.141. The molecule has 0 spiro atoms. The molecule has 192 valence electrons. The topological polar surface area (TPSA) is 22.6 Å². The van der Waals surface area contributed by atoms with Gasteiger partial charge in [0.2, 0.25) is 0 Å². The summed E-state index contributed by atoms with van der Waals surface area (Å²) < 4.78 is 76.4. The highest BCUT2D eigenvalue weighted by atomic mass is 19.4. The van der Waals surface area contributed by atoms with E-state index in [-0.39, 0.29) is 0 Å². The van der Waals surface area contributed by atoms with Gasteiger partial charge in [-0.25, -0.2) is 0 Å². The number of piperidine rings is 1. The molecule has 2 aliphatic heterocycles. The van der Waals surface area contributed by atoms with Crippen molar-refractivity contribution in [2.24, 2.45) is 0 Å². The van der Waals surface area contributed by atoms with Gasteiger partial charge in [-0.15, -0.1) is 0 Å². The summed E-state index contributed by atoms with van der Waals surface area (Å²) in [6, 6.07) is 8.43. The second-order valence-corrected chi connectivity index (χ2v) is 9.42. The van der Waals surface area contributed by atoms with Gasteiger partial charge in [0.1, 0.15) is 5.69 Å². The number of hydrogen-bond donors (Lipinski definition) is 0. The molecule has 0 atom stereocenters. The van der Waals surface area contributed by atoms with Gasteiger partial charge in [-0.3, -0.25) is 19.7 Å². The van der Waals surface area contributed by atoms with Gasteiger partial charge in [-0.2, -0.15) is 26.3 Å². The summed E-state index contributed by atoms with van der Waals surface area (Å²) in [4.78, 5) is 10.6. The van der Waals surface area contributed by atoms with E-state index < -0.39 is 23.6 Å². The first-order chi connectivity index (χ1) is 16.6. The molecule has 4 rings (SSSR count). The van der Waals surface area contributed by atoms with Crippen LogP contribution in [0.15, 0.2) is 42.6 Å². The molecule has 4 nitrogen and oxygen atoms in total. The SMILES string of the molecule is FC(F)(F)c1ccc(CN2CCCN(C3CCN(Cc4ccc(C(F)(F)F)nc4)CC3)CC2)cc1. The Hall–Kier alpha value is -2.17. The Bertz CT molecular complexity index is 934. The Morgan fingerprint density at radius 2 is 1.31 bits per heavy atom. The van der Waals surface area contributed by atoms with E-state index in [1.807, 2.05) is 0 Å². The molecule has 35 heavy (non-hydrogen) atoms. The smallest absolute Gasteiger partial charge is 0.299 e. The van der Waals surface area contributed by atoms with Crippen LogP contribution in [0.25, 0.3) is 0 Å². The molecule has 0 radical (unpaired) electrons. The third-order valence-electron chi connectivity index (χ3n) is 6.91. The zero-order valence-electron chi connectivity index (χ0n) is 19.5. The predicted octanol–water partition coefficient (Wildman–Crippen LogP) is 5.29. The molecule has 2 saturated heterocycles. The van der Waals surface area contributed by atoms with Crippen molar-refractivity contribution in [1.29, 1.82) is 0 Å². The maximum atomic E-state index is 12.8. The van der Waals surface area contributed by atoms with E-state index in [1.54, 1.807) is 12.1 Å². The molecule has 2 fully saturated rings. The van der Waals surface area contributed by atoms with Crippen molar-refractivity contribution >= 4 is 0 Å². The first-order valence-corrected chi connectivity index (χ1v) is 11.9. The van der Waals surface area contributed by atoms with Gasteiger partial charge in [0.15, 0.2) is 0 Å². The fourth-order valence-corrected chi connectivity index (χ4v) is 4.96. The molecule has 10 heteroatoms. The third-order valence-corrected chi connectivity index (χ3v) is 6.91. The number of aromatic nitrogens is 1. The highest BCUT2D eigenvalue weighted by molar-refractivity contribution is 5.24. The van der Waals surface area contributed by atoms with Crippen molar-refractivity contribution < 1.29 is 26.3 Å². The van der Waals surface area contributed by atoms with Crippen molar-refractivity contribution in [3.05, 3.63) is 65.0 Å². The molecular weight excluding hydrogens is 470 g/mol.